The van der Waals surface area contributed by atoms with Crippen LogP contribution in [0.3, 0.4) is 0 Å². The van der Waals surface area contributed by atoms with Crippen LogP contribution in [0.1, 0.15) is 24.8 Å². The Morgan fingerprint density at radius 1 is 1.57 bits per heavy atom. The zero-order chi connectivity index (χ0) is 15.4. The molecule has 1 fully saturated rings. The van der Waals surface area contributed by atoms with E-state index in [4.69, 9.17) is 10.4 Å². The van der Waals surface area contributed by atoms with Gasteiger partial charge in [0.15, 0.2) is 0 Å². The lowest BCUT2D eigenvalue weighted by molar-refractivity contribution is -0.384. The summed E-state index contributed by atoms with van der Waals surface area (Å²) >= 11 is 0. The molecule has 21 heavy (non-hydrogen) atoms. The maximum absolute atomic E-state index is 11.1. The van der Waals surface area contributed by atoms with Crippen molar-refractivity contribution in [3.8, 4) is 6.07 Å². The van der Waals surface area contributed by atoms with E-state index in [0.717, 1.165) is 12.8 Å². The number of hydrogen-bond donors (Lipinski definition) is 1. The van der Waals surface area contributed by atoms with Crippen molar-refractivity contribution in [2.75, 3.05) is 18.0 Å². The van der Waals surface area contributed by atoms with Gasteiger partial charge in [0, 0.05) is 25.6 Å². The summed E-state index contributed by atoms with van der Waals surface area (Å²) < 4.78 is 0. The second kappa shape index (κ2) is 6.22. The van der Waals surface area contributed by atoms with Crippen LogP contribution in [0, 0.1) is 27.4 Å². The van der Waals surface area contributed by atoms with Crippen molar-refractivity contribution in [1.29, 1.82) is 5.26 Å². The molecular weight excluding hydrogens is 274 g/mol. The molecule has 0 spiro atoms. The number of carbonyl (C=O) groups is 1. The average molecular weight is 289 g/mol. The van der Waals surface area contributed by atoms with Gasteiger partial charge in [-0.2, -0.15) is 5.26 Å². The van der Waals surface area contributed by atoms with Crippen LogP contribution in [0.2, 0.25) is 0 Å². The zero-order valence-electron chi connectivity index (χ0n) is 11.4. The second-order valence-corrected chi connectivity index (χ2v) is 5.12. The predicted octanol–water partition coefficient (Wildman–Crippen LogP) is 2.16. The first-order valence-corrected chi connectivity index (χ1v) is 6.66. The Balaban J connectivity index is 2.29. The molecule has 1 unspecified atom stereocenters. The van der Waals surface area contributed by atoms with Gasteiger partial charge in [-0.3, -0.25) is 14.9 Å². The molecule has 2 rings (SSSR count). The number of piperidine rings is 1. The van der Waals surface area contributed by atoms with Gasteiger partial charge in [0.05, 0.1) is 16.6 Å². The number of nitrogens with zero attached hydrogens (tertiary/aromatic N) is 3. The smallest absolute Gasteiger partial charge is 0.303 e. The van der Waals surface area contributed by atoms with Crippen molar-refractivity contribution >= 4 is 17.3 Å². The molecule has 7 heteroatoms. The van der Waals surface area contributed by atoms with E-state index < -0.39 is 10.9 Å². The summed E-state index contributed by atoms with van der Waals surface area (Å²) in [6.07, 6.45) is 1.64. The number of nitriles is 1. The minimum absolute atomic E-state index is 0.0263. The number of nitro benzene ring substituents is 1. The van der Waals surface area contributed by atoms with Crippen molar-refractivity contribution < 1.29 is 14.8 Å². The Morgan fingerprint density at radius 3 is 2.95 bits per heavy atom. The van der Waals surface area contributed by atoms with Crippen molar-refractivity contribution in [3.05, 3.63) is 33.9 Å². The number of hydrogen-bond acceptors (Lipinski definition) is 5. The molecule has 110 valence electrons. The molecule has 0 saturated carbocycles. The van der Waals surface area contributed by atoms with E-state index >= 15 is 0 Å². The number of nitro groups is 1. The first kappa shape index (κ1) is 14.8. The van der Waals surface area contributed by atoms with Crippen LogP contribution in [0.4, 0.5) is 11.4 Å². The number of benzene rings is 1. The highest BCUT2D eigenvalue weighted by atomic mass is 16.6. The van der Waals surface area contributed by atoms with Crippen LogP contribution in [0.15, 0.2) is 18.2 Å². The third-order valence-corrected chi connectivity index (χ3v) is 3.62. The number of anilines is 1. The number of aliphatic carboxylic acids is 1. The van der Waals surface area contributed by atoms with Gasteiger partial charge in [0.25, 0.3) is 5.69 Å². The number of carboxylic acid groups (broad SMARTS) is 1. The maximum Gasteiger partial charge on any atom is 0.303 e. The summed E-state index contributed by atoms with van der Waals surface area (Å²) in [5, 5.41) is 28.9. The molecule has 1 aromatic rings. The Bertz CT molecular complexity index is 609. The quantitative estimate of drug-likeness (QED) is 0.672. The molecule has 1 N–H and O–H groups in total. The molecule has 1 aliphatic rings. The first-order chi connectivity index (χ1) is 10.0. The topological polar surface area (TPSA) is 107 Å². The predicted molar refractivity (Wildman–Crippen MR) is 75.0 cm³/mol. The van der Waals surface area contributed by atoms with E-state index in [-0.39, 0.29) is 18.0 Å². The number of carboxylic acids is 1. The van der Waals surface area contributed by atoms with Crippen LogP contribution >= 0.6 is 0 Å². The van der Waals surface area contributed by atoms with Gasteiger partial charge in [0.1, 0.15) is 5.69 Å². The Morgan fingerprint density at radius 2 is 2.33 bits per heavy atom. The van der Waals surface area contributed by atoms with Gasteiger partial charge >= 0.3 is 5.97 Å². The highest BCUT2D eigenvalue weighted by Gasteiger charge is 2.27. The SMILES string of the molecule is N#Cc1ccc([N+](=O)[O-])c(N2CCCC(CC(=O)O)C2)c1. The largest absolute Gasteiger partial charge is 0.481 e. The molecule has 1 aliphatic heterocycles. The second-order valence-electron chi connectivity index (χ2n) is 5.12. The van der Waals surface area contributed by atoms with Crippen LogP contribution in [-0.4, -0.2) is 29.1 Å². The van der Waals surface area contributed by atoms with E-state index in [2.05, 4.69) is 0 Å². The van der Waals surface area contributed by atoms with E-state index in [0.29, 0.717) is 24.3 Å². The minimum Gasteiger partial charge on any atom is -0.481 e. The minimum atomic E-state index is -0.859. The van der Waals surface area contributed by atoms with Gasteiger partial charge < -0.3 is 10.0 Å². The fraction of sp³-hybridized carbons (Fsp3) is 0.429. The van der Waals surface area contributed by atoms with Gasteiger partial charge in [-0.1, -0.05) is 0 Å². The average Bonchev–Trinajstić information content (AvgIpc) is 2.46. The molecule has 0 bridgehead atoms. The Hall–Kier alpha value is -2.62. The molecule has 1 heterocycles. The lowest BCUT2D eigenvalue weighted by Gasteiger charge is -2.33. The third kappa shape index (κ3) is 3.48. The van der Waals surface area contributed by atoms with E-state index in [1.807, 2.05) is 11.0 Å². The normalized spacial score (nSPS) is 18.0. The summed E-state index contributed by atoms with van der Waals surface area (Å²) in [6.45, 7) is 1.09. The van der Waals surface area contributed by atoms with Crippen molar-refractivity contribution in [2.45, 2.75) is 19.3 Å². The van der Waals surface area contributed by atoms with Crippen LogP contribution in [0.25, 0.3) is 0 Å². The molecule has 0 amide bonds. The zero-order valence-corrected chi connectivity index (χ0v) is 11.4. The standard InChI is InChI=1S/C14H15N3O4/c15-8-10-3-4-12(17(20)21)13(6-10)16-5-1-2-11(9-16)7-14(18)19/h3-4,6,11H,1-2,5,7,9H2,(H,18,19). The molecule has 7 nitrogen and oxygen atoms in total. The van der Waals surface area contributed by atoms with Crippen LogP contribution in [-0.2, 0) is 4.79 Å². The van der Waals surface area contributed by atoms with Crippen molar-refractivity contribution in [3.63, 3.8) is 0 Å². The van der Waals surface area contributed by atoms with Gasteiger partial charge in [0.2, 0.25) is 0 Å². The lowest BCUT2D eigenvalue weighted by atomic mass is 9.94. The summed E-state index contributed by atoms with van der Waals surface area (Å²) in [7, 11) is 0. The van der Waals surface area contributed by atoms with Crippen molar-refractivity contribution in [1.82, 2.24) is 0 Å². The molecule has 1 saturated heterocycles. The first-order valence-electron chi connectivity index (χ1n) is 6.66. The van der Waals surface area contributed by atoms with E-state index in [9.17, 15) is 14.9 Å². The van der Waals surface area contributed by atoms with Crippen molar-refractivity contribution in [2.24, 2.45) is 5.92 Å². The molecule has 1 atom stereocenters. The monoisotopic (exact) mass is 289 g/mol. The summed E-state index contributed by atoms with van der Waals surface area (Å²) in [6, 6.07) is 6.22. The Kier molecular flexibility index (Phi) is 4.38. The number of rotatable bonds is 4. The third-order valence-electron chi connectivity index (χ3n) is 3.62. The van der Waals surface area contributed by atoms with Crippen LogP contribution in [0.5, 0.6) is 0 Å². The van der Waals surface area contributed by atoms with E-state index in [1.165, 1.54) is 18.2 Å². The highest BCUT2D eigenvalue weighted by Crippen LogP contribution is 2.33. The van der Waals surface area contributed by atoms with Gasteiger partial charge in [-0.25, -0.2) is 0 Å². The molecule has 0 aromatic heterocycles. The molecule has 0 aliphatic carbocycles. The fourth-order valence-corrected chi connectivity index (χ4v) is 2.70. The van der Waals surface area contributed by atoms with Crippen LogP contribution < -0.4 is 4.90 Å². The molecule has 1 aromatic carbocycles. The summed E-state index contributed by atoms with van der Waals surface area (Å²) in [5.74, 6) is -0.885. The molecular formula is C14H15N3O4. The summed E-state index contributed by atoms with van der Waals surface area (Å²) in [4.78, 5) is 23.3. The maximum atomic E-state index is 11.1. The van der Waals surface area contributed by atoms with E-state index in [1.54, 1.807) is 0 Å². The van der Waals surface area contributed by atoms with Gasteiger partial charge in [-0.15, -0.1) is 0 Å². The Labute approximate surface area is 121 Å². The molecule has 0 radical (unpaired) electrons. The lowest BCUT2D eigenvalue weighted by Crippen LogP contribution is -2.36. The highest BCUT2D eigenvalue weighted by molar-refractivity contribution is 5.68. The van der Waals surface area contributed by atoms with Gasteiger partial charge in [-0.05, 0) is 30.9 Å². The fourth-order valence-electron chi connectivity index (χ4n) is 2.70. The summed E-state index contributed by atoms with van der Waals surface area (Å²) in [5.41, 5.74) is 0.704.